The van der Waals surface area contributed by atoms with E-state index in [1.807, 2.05) is 24.3 Å². The molecular formula is C22H23N3O3. The summed E-state index contributed by atoms with van der Waals surface area (Å²) >= 11 is 0. The molecule has 0 saturated heterocycles. The molecule has 144 valence electrons. The molecule has 0 aliphatic carbocycles. The van der Waals surface area contributed by atoms with Crippen LogP contribution in [0.25, 0.3) is 0 Å². The van der Waals surface area contributed by atoms with E-state index in [9.17, 15) is 4.79 Å². The number of nitrogens with zero attached hydrogens (tertiary/aromatic N) is 2. The Morgan fingerprint density at radius 1 is 0.964 bits per heavy atom. The standard InChI is InChI=1S/C22H23N3O3/c1-4-25(17-8-6-5-7-9-17)18-11-13-21(23-15-18)24-22(26)16-10-12-19(27-2)20(14-16)28-3/h5-15H,4H2,1-3H3,(H,23,24,26). The number of anilines is 3. The number of nitrogens with one attached hydrogen (secondary N) is 1. The van der Waals surface area contributed by atoms with Gasteiger partial charge in [-0.15, -0.1) is 0 Å². The van der Waals surface area contributed by atoms with Crippen LogP contribution in [0.5, 0.6) is 11.5 Å². The summed E-state index contributed by atoms with van der Waals surface area (Å²) in [6, 6.07) is 18.8. The maximum absolute atomic E-state index is 12.5. The van der Waals surface area contributed by atoms with E-state index in [0.717, 1.165) is 17.9 Å². The molecule has 0 aliphatic heterocycles. The zero-order chi connectivity index (χ0) is 19.9. The minimum Gasteiger partial charge on any atom is -0.493 e. The maximum atomic E-state index is 12.5. The Labute approximate surface area is 164 Å². The maximum Gasteiger partial charge on any atom is 0.256 e. The normalized spacial score (nSPS) is 10.2. The van der Waals surface area contributed by atoms with Crippen LogP contribution in [0, 0.1) is 0 Å². The van der Waals surface area contributed by atoms with Crippen molar-refractivity contribution in [1.29, 1.82) is 0 Å². The molecule has 0 spiro atoms. The SMILES string of the molecule is CCN(c1ccccc1)c1ccc(NC(=O)c2ccc(OC)c(OC)c2)nc1. The van der Waals surface area contributed by atoms with Gasteiger partial charge in [0, 0.05) is 17.8 Å². The summed E-state index contributed by atoms with van der Waals surface area (Å²) in [5, 5.41) is 2.81. The topological polar surface area (TPSA) is 63.7 Å². The first-order valence-electron chi connectivity index (χ1n) is 8.98. The molecule has 1 N–H and O–H groups in total. The lowest BCUT2D eigenvalue weighted by Crippen LogP contribution is -2.17. The first-order valence-corrected chi connectivity index (χ1v) is 8.98. The van der Waals surface area contributed by atoms with E-state index in [1.54, 1.807) is 37.6 Å². The first kappa shape index (κ1) is 19.2. The molecule has 2 aromatic carbocycles. The Bertz CT molecular complexity index is 928. The quantitative estimate of drug-likeness (QED) is 0.656. The second-order valence-electron chi connectivity index (χ2n) is 6.01. The molecule has 0 bridgehead atoms. The van der Waals surface area contributed by atoms with Crippen molar-refractivity contribution in [2.75, 3.05) is 31.0 Å². The van der Waals surface area contributed by atoms with Gasteiger partial charge >= 0.3 is 0 Å². The van der Waals surface area contributed by atoms with Crippen molar-refractivity contribution in [3.63, 3.8) is 0 Å². The number of rotatable bonds is 7. The number of aromatic nitrogens is 1. The van der Waals surface area contributed by atoms with E-state index < -0.39 is 0 Å². The highest BCUT2D eigenvalue weighted by molar-refractivity contribution is 6.04. The Hall–Kier alpha value is -3.54. The van der Waals surface area contributed by atoms with Crippen LogP contribution >= 0.6 is 0 Å². The van der Waals surface area contributed by atoms with Crippen molar-refractivity contribution in [3.05, 3.63) is 72.4 Å². The molecule has 0 unspecified atom stereocenters. The van der Waals surface area contributed by atoms with E-state index in [2.05, 4.69) is 34.3 Å². The number of ether oxygens (including phenoxy) is 2. The van der Waals surface area contributed by atoms with Crippen LogP contribution in [0.4, 0.5) is 17.2 Å². The Morgan fingerprint density at radius 2 is 1.71 bits per heavy atom. The minimum absolute atomic E-state index is 0.267. The van der Waals surface area contributed by atoms with Gasteiger partial charge in [-0.2, -0.15) is 0 Å². The van der Waals surface area contributed by atoms with Gasteiger partial charge in [0.15, 0.2) is 11.5 Å². The third-order valence-corrected chi connectivity index (χ3v) is 4.33. The van der Waals surface area contributed by atoms with Gasteiger partial charge in [0.25, 0.3) is 5.91 Å². The predicted molar refractivity (Wildman–Crippen MR) is 111 cm³/mol. The van der Waals surface area contributed by atoms with Crippen LogP contribution in [0.15, 0.2) is 66.9 Å². The number of benzene rings is 2. The highest BCUT2D eigenvalue weighted by Gasteiger charge is 2.12. The van der Waals surface area contributed by atoms with E-state index in [4.69, 9.17) is 9.47 Å². The summed E-state index contributed by atoms with van der Waals surface area (Å²) < 4.78 is 10.4. The highest BCUT2D eigenvalue weighted by atomic mass is 16.5. The number of carbonyl (C=O) groups is 1. The minimum atomic E-state index is -0.267. The van der Waals surface area contributed by atoms with Crippen LogP contribution in [0.3, 0.4) is 0 Å². The van der Waals surface area contributed by atoms with E-state index >= 15 is 0 Å². The summed E-state index contributed by atoms with van der Waals surface area (Å²) in [4.78, 5) is 19.1. The van der Waals surface area contributed by atoms with Gasteiger partial charge in [0.05, 0.1) is 26.1 Å². The number of methoxy groups -OCH3 is 2. The predicted octanol–water partition coefficient (Wildman–Crippen LogP) is 4.51. The molecule has 0 radical (unpaired) electrons. The summed E-state index contributed by atoms with van der Waals surface area (Å²) in [6.07, 6.45) is 1.75. The van der Waals surface area contributed by atoms with Crippen LogP contribution in [-0.4, -0.2) is 31.7 Å². The molecule has 3 aromatic rings. The van der Waals surface area contributed by atoms with Crippen molar-refractivity contribution in [2.45, 2.75) is 6.92 Å². The number of carbonyl (C=O) groups excluding carboxylic acids is 1. The third-order valence-electron chi connectivity index (χ3n) is 4.33. The highest BCUT2D eigenvalue weighted by Crippen LogP contribution is 2.28. The van der Waals surface area contributed by atoms with Crippen molar-refractivity contribution in [1.82, 2.24) is 4.98 Å². The molecule has 1 aromatic heterocycles. The van der Waals surface area contributed by atoms with Crippen molar-refractivity contribution in [2.24, 2.45) is 0 Å². The summed E-state index contributed by atoms with van der Waals surface area (Å²) in [5.74, 6) is 1.28. The summed E-state index contributed by atoms with van der Waals surface area (Å²) in [5.41, 5.74) is 2.51. The molecule has 0 saturated carbocycles. The Balaban J connectivity index is 1.74. The van der Waals surface area contributed by atoms with Crippen molar-refractivity contribution >= 4 is 23.1 Å². The van der Waals surface area contributed by atoms with Gasteiger partial charge in [-0.1, -0.05) is 18.2 Å². The fraction of sp³-hybridized carbons (Fsp3) is 0.182. The summed E-state index contributed by atoms with van der Waals surface area (Å²) in [6.45, 7) is 2.89. The molecule has 3 rings (SSSR count). The molecule has 0 fully saturated rings. The molecule has 6 heteroatoms. The van der Waals surface area contributed by atoms with Crippen LogP contribution < -0.4 is 19.7 Å². The van der Waals surface area contributed by atoms with E-state index in [0.29, 0.717) is 22.9 Å². The molecule has 1 heterocycles. The lowest BCUT2D eigenvalue weighted by atomic mass is 10.2. The zero-order valence-corrected chi connectivity index (χ0v) is 16.2. The first-order chi connectivity index (χ1) is 13.7. The third kappa shape index (κ3) is 4.23. The molecule has 0 aliphatic rings. The fourth-order valence-electron chi connectivity index (χ4n) is 2.91. The summed E-state index contributed by atoms with van der Waals surface area (Å²) in [7, 11) is 3.09. The number of pyridine rings is 1. The number of amides is 1. The smallest absolute Gasteiger partial charge is 0.256 e. The van der Waals surface area contributed by atoms with Gasteiger partial charge in [-0.25, -0.2) is 4.98 Å². The fourth-order valence-corrected chi connectivity index (χ4v) is 2.91. The molecule has 6 nitrogen and oxygen atoms in total. The largest absolute Gasteiger partial charge is 0.493 e. The molecular weight excluding hydrogens is 354 g/mol. The average molecular weight is 377 g/mol. The van der Waals surface area contributed by atoms with Gasteiger partial charge in [-0.3, -0.25) is 4.79 Å². The lowest BCUT2D eigenvalue weighted by molar-refractivity contribution is 0.102. The monoisotopic (exact) mass is 377 g/mol. The molecule has 1 amide bonds. The van der Waals surface area contributed by atoms with Crippen LogP contribution in [-0.2, 0) is 0 Å². The van der Waals surface area contributed by atoms with Crippen molar-refractivity contribution in [3.8, 4) is 11.5 Å². The number of hydrogen-bond acceptors (Lipinski definition) is 5. The molecule has 0 atom stereocenters. The van der Waals surface area contributed by atoms with E-state index in [-0.39, 0.29) is 5.91 Å². The average Bonchev–Trinajstić information content (AvgIpc) is 2.75. The van der Waals surface area contributed by atoms with Crippen LogP contribution in [0.1, 0.15) is 17.3 Å². The number of hydrogen-bond donors (Lipinski definition) is 1. The lowest BCUT2D eigenvalue weighted by Gasteiger charge is -2.23. The van der Waals surface area contributed by atoms with Gasteiger partial charge in [0.1, 0.15) is 5.82 Å². The van der Waals surface area contributed by atoms with Crippen LogP contribution in [0.2, 0.25) is 0 Å². The molecule has 28 heavy (non-hydrogen) atoms. The van der Waals surface area contributed by atoms with Crippen molar-refractivity contribution < 1.29 is 14.3 Å². The van der Waals surface area contributed by atoms with E-state index in [1.165, 1.54) is 7.11 Å². The van der Waals surface area contributed by atoms with Gasteiger partial charge in [0.2, 0.25) is 0 Å². The second-order valence-corrected chi connectivity index (χ2v) is 6.01. The van der Waals surface area contributed by atoms with Gasteiger partial charge in [-0.05, 0) is 49.4 Å². The number of para-hydroxylation sites is 1. The zero-order valence-electron chi connectivity index (χ0n) is 16.2. The second kappa shape index (κ2) is 8.90. The van der Waals surface area contributed by atoms with Gasteiger partial charge < -0.3 is 19.7 Å². The Kier molecular flexibility index (Phi) is 6.11. The Morgan fingerprint density at radius 3 is 2.32 bits per heavy atom.